The number of aryl methyl sites for hydroxylation is 1. The van der Waals surface area contributed by atoms with Crippen LogP contribution in [0.1, 0.15) is 25.3 Å². The Morgan fingerprint density at radius 2 is 2.28 bits per heavy atom. The molecule has 0 aromatic heterocycles. The van der Waals surface area contributed by atoms with Crippen molar-refractivity contribution in [1.82, 2.24) is 5.32 Å². The Morgan fingerprint density at radius 1 is 1.50 bits per heavy atom. The van der Waals surface area contributed by atoms with Crippen LogP contribution < -0.4 is 10.6 Å². The van der Waals surface area contributed by atoms with Crippen LogP contribution in [0.3, 0.4) is 0 Å². The van der Waals surface area contributed by atoms with Crippen LogP contribution in [0.2, 0.25) is 0 Å². The molecule has 1 aromatic carbocycles. The third kappa shape index (κ3) is 3.01. The Balaban J connectivity index is 2.00. The van der Waals surface area contributed by atoms with Crippen molar-refractivity contribution in [2.75, 3.05) is 11.9 Å². The van der Waals surface area contributed by atoms with E-state index >= 15 is 0 Å². The fraction of sp³-hybridized carbons (Fsp3) is 0.500. The second kappa shape index (κ2) is 5.40. The first-order chi connectivity index (χ1) is 8.56. The van der Waals surface area contributed by atoms with Gasteiger partial charge in [-0.05, 0) is 57.0 Å². The standard InChI is InChI=1S/C14H20N2O2/c1-9-7-12(3-4-13(9)17)16-14(18)11-5-6-15-10(2)8-11/h3-4,7,10-11,15,17H,5-6,8H2,1-2H3,(H,16,18)/t10-,11-/m0/s1. The van der Waals surface area contributed by atoms with Crippen LogP contribution in [0.4, 0.5) is 5.69 Å². The summed E-state index contributed by atoms with van der Waals surface area (Å²) in [5, 5.41) is 15.7. The lowest BCUT2D eigenvalue weighted by Gasteiger charge is -2.27. The van der Waals surface area contributed by atoms with Gasteiger partial charge in [-0.2, -0.15) is 0 Å². The van der Waals surface area contributed by atoms with E-state index in [1.165, 1.54) is 0 Å². The lowest BCUT2D eigenvalue weighted by atomic mass is 9.92. The molecule has 0 unspecified atom stereocenters. The second-order valence-corrected chi connectivity index (χ2v) is 5.07. The minimum Gasteiger partial charge on any atom is -0.508 e. The highest BCUT2D eigenvalue weighted by Crippen LogP contribution is 2.22. The van der Waals surface area contributed by atoms with Gasteiger partial charge in [-0.3, -0.25) is 4.79 Å². The van der Waals surface area contributed by atoms with Crippen molar-refractivity contribution < 1.29 is 9.90 Å². The molecular formula is C14H20N2O2. The maximum absolute atomic E-state index is 12.1. The number of nitrogens with one attached hydrogen (secondary N) is 2. The van der Waals surface area contributed by atoms with Crippen LogP contribution in [0.15, 0.2) is 18.2 Å². The fourth-order valence-electron chi connectivity index (χ4n) is 2.35. The Hall–Kier alpha value is -1.55. The molecule has 0 saturated carbocycles. The summed E-state index contributed by atoms with van der Waals surface area (Å²) in [7, 11) is 0. The highest BCUT2D eigenvalue weighted by atomic mass is 16.3. The van der Waals surface area contributed by atoms with E-state index in [0.29, 0.717) is 6.04 Å². The summed E-state index contributed by atoms with van der Waals surface area (Å²) in [6.07, 6.45) is 1.76. The molecule has 2 rings (SSSR count). The molecule has 2 atom stereocenters. The summed E-state index contributed by atoms with van der Waals surface area (Å²) < 4.78 is 0. The summed E-state index contributed by atoms with van der Waals surface area (Å²) in [5.41, 5.74) is 1.52. The van der Waals surface area contributed by atoms with Crippen LogP contribution in [0.5, 0.6) is 5.75 Å². The number of aromatic hydroxyl groups is 1. The van der Waals surface area contributed by atoms with E-state index in [1.54, 1.807) is 18.2 Å². The first kappa shape index (κ1) is 12.9. The number of anilines is 1. The molecule has 1 aliphatic rings. The van der Waals surface area contributed by atoms with E-state index < -0.39 is 0 Å². The van der Waals surface area contributed by atoms with Gasteiger partial charge in [-0.15, -0.1) is 0 Å². The zero-order valence-corrected chi connectivity index (χ0v) is 10.9. The van der Waals surface area contributed by atoms with Gasteiger partial charge in [0.2, 0.25) is 5.91 Å². The van der Waals surface area contributed by atoms with Crippen molar-refractivity contribution in [2.24, 2.45) is 5.92 Å². The van der Waals surface area contributed by atoms with Crippen molar-refractivity contribution in [2.45, 2.75) is 32.7 Å². The van der Waals surface area contributed by atoms with E-state index in [1.807, 2.05) is 6.92 Å². The first-order valence-electron chi connectivity index (χ1n) is 6.40. The fourth-order valence-corrected chi connectivity index (χ4v) is 2.35. The van der Waals surface area contributed by atoms with Crippen LogP contribution in [-0.4, -0.2) is 23.6 Å². The minimum absolute atomic E-state index is 0.0773. The highest BCUT2D eigenvalue weighted by molar-refractivity contribution is 5.92. The number of hydrogen-bond donors (Lipinski definition) is 3. The largest absolute Gasteiger partial charge is 0.508 e. The van der Waals surface area contributed by atoms with Gasteiger partial charge < -0.3 is 15.7 Å². The molecule has 1 aliphatic heterocycles. The number of benzene rings is 1. The van der Waals surface area contributed by atoms with Crippen molar-refractivity contribution in [3.8, 4) is 5.75 Å². The molecule has 0 bridgehead atoms. The van der Waals surface area contributed by atoms with Crippen LogP contribution in [0.25, 0.3) is 0 Å². The molecule has 98 valence electrons. The molecule has 4 heteroatoms. The SMILES string of the molecule is Cc1cc(NC(=O)[C@H]2CCN[C@@H](C)C2)ccc1O. The van der Waals surface area contributed by atoms with Crippen molar-refractivity contribution in [3.05, 3.63) is 23.8 Å². The summed E-state index contributed by atoms with van der Waals surface area (Å²) in [6.45, 7) is 4.82. The van der Waals surface area contributed by atoms with E-state index in [4.69, 9.17) is 0 Å². The number of carbonyl (C=O) groups is 1. The predicted octanol–water partition coefficient (Wildman–Crippen LogP) is 2.03. The Kier molecular flexibility index (Phi) is 3.87. The van der Waals surface area contributed by atoms with E-state index in [9.17, 15) is 9.90 Å². The Bertz CT molecular complexity index is 445. The summed E-state index contributed by atoms with van der Waals surface area (Å²) >= 11 is 0. The van der Waals surface area contributed by atoms with Gasteiger partial charge in [-0.1, -0.05) is 0 Å². The monoisotopic (exact) mass is 248 g/mol. The summed E-state index contributed by atoms with van der Waals surface area (Å²) in [5.74, 6) is 0.410. The summed E-state index contributed by atoms with van der Waals surface area (Å²) in [6, 6.07) is 5.52. The van der Waals surface area contributed by atoms with Crippen molar-refractivity contribution in [1.29, 1.82) is 0 Å². The summed E-state index contributed by atoms with van der Waals surface area (Å²) in [4.78, 5) is 12.1. The van der Waals surface area contributed by atoms with E-state index in [-0.39, 0.29) is 17.6 Å². The molecule has 1 fully saturated rings. The smallest absolute Gasteiger partial charge is 0.227 e. The lowest BCUT2D eigenvalue weighted by molar-refractivity contribution is -0.120. The maximum atomic E-state index is 12.1. The molecule has 0 radical (unpaired) electrons. The third-order valence-corrected chi connectivity index (χ3v) is 3.46. The second-order valence-electron chi connectivity index (χ2n) is 5.07. The predicted molar refractivity (Wildman–Crippen MR) is 71.7 cm³/mol. The number of amides is 1. The van der Waals surface area contributed by atoms with Crippen LogP contribution >= 0.6 is 0 Å². The molecule has 0 spiro atoms. The molecule has 1 saturated heterocycles. The maximum Gasteiger partial charge on any atom is 0.227 e. The normalized spacial score (nSPS) is 23.7. The van der Waals surface area contributed by atoms with Gasteiger partial charge in [-0.25, -0.2) is 0 Å². The molecular weight excluding hydrogens is 228 g/mol. The Morgan fingerprint density at radius 3 is 2.94 bits per heavy atom. The van der Waals surface area contributed by atoms with Gasteiger partial charge >= 0.3 is 0 Å². The molecule has 3 N–H and O–H groups in total. The number of rotatable bonds is 2. The van der Waals surface area contributed by atoms with Gasteiger partial charge in [0.1, 0.15) is 5.75 Å². The van der Waals surface area contributed by atoms with Gasteiger partial charge in [0.25, 0.3) is 0 Å². The van der Waals surface area contributed by atoms with Crippen LogP contribution in [0, 0.1) is 12.8 Å². The average Bonchev–Trinajstić information content (AvgIpc) is 2.34. The molecule has 1 heterocycles. The molecule has 1 amide bonds. The number of piperidine rings is 1. The van der Waals surface area contributed by atoms with E-state index in [0.717, 1.165) is 30.6 Å². The average molecular weight is 248 g/mol. The number of hydrogen-bond acceptors (Lipinski definition) is 3. The number of phenolic OH excluding ortho intramolecular Hbond substituents is 1. The van der Waals surface area contributed by atoms with Gasteiger partial charge in [0.15, 0.2) is 0 Å². The van der Waals surface area contributed by atoms with Gasteiger partial charge in [0, 0.05) is 17.6 Å². The zero-order valence-electron chi connectivity index (χ0n) is 10.9. The molecule has 1 aromatic rings. The Labute approximate surface area is 107 Å². The number of phenols is 1. The highest BCUT2D eigenvalue weighted by Gasteiger charge is 2.24. The third-order valence-electron chi connectivity index (χ3n) is 3.46. The van der Waals surface area contributed by atoms with E-state index in [2.05, 4.69) is 17.6 Å². The molecule has 0 aliphatic carbocycles. The lowest BCUT2D eigenvalue weighted by Crippen LogP contribution is -2.40. The minimum atomic E-state index is 0.0773. The first-order valence-corrected chi connectivity index (χ1v) is 6.40. The van der Waals surface area contributed by atoms with Crippen molar-refractivity contribution >= 4 is 11.6 Å². The molecule has 18 heavy (non-hydrogen) atoms. The van der Waals surface area contributed by atoms with Gasteiger partial charge in [0.05, 0.1) is 0 Å². The molecule has 4 nitrogen and oxygen atoms in total. The quantitative estimate of drug-likeness (QED) is 0.702. The topological polar surface area (TPSA) is 61.4 Å². The van der Waals surface area contributed by atoms with Crippen molar-refractivity contribution in [3.63, 3.8) is 0 Å². The number of carbonyl (C=O) groups excluding carboxylic acids is 1. The van der Waals surface area contributed by atoms with Crippen LogP contribution in [-0.2, 0) is 4.79 Å². The zero-order chi connectivity index (χ0) is 13.1.